The monoisotopic (exact) mass is 352 g/mol. The Labute approximate surface area is 138 Å². The number of amides is 1. The molecule has 0 aliphatic rings. The second-order valence-corrected chi connectivity index (χ2v) is 6.82. The van der Waals surface area contributed by atoms with E-state index in [4.69, 9.17) is 0 Å². The average Bonchev–Trinajstić information content (AvgIpc) is 2.95. The van der Waals surface area contributed by atoms with E-state index in [-0.39, 0.29) is 21.8 Å². The van der Waals surface area contributed by atoms with Crippen LogP contribution in [0.2, 0.25) is 0 Å². The molecule has 1 aromatic carbocycles. The number of aromatic nitrogens is 2. The number of H-pyrrole nitrogens is 1. The SMILES string of the molecule is CCCc1cc(C(=O)NS(=O)(=O)c2ccc([N+](=O)[O-])cc2C)n[nH]1. The fourth-order valence-electron chi connectivity index (χ4n) is 2.15. The van der Waals surface area contributed by atoms with Crippen LogP contribution in [-0.4, -0.2) is 29.4 Å². The summed E-state index contributed by atoms with van der Waals surface area (Å²) in [7, 11) is -4.16. The van der Waals surface area contributed by atoms with Crippen LogP contribution in [0.1, 0.15) is 35.1 Å². The van der Waals surface area contributed by atoms with Crippen molar-refractivity contribution < 1.29 is 18.1 Å². The minimum Gasteiger partial charge on any atom is -0.282 e. The summed E-state index contributed by atoms with van der Waals surface area (Å²) in [6.07, 6.45) is 1.54. The van der Waals surface area contributed by atoms with E-state index in [1.54, 1.807) is 0 Å². The predicted molar refractivity (Wildman–Crippen MR) is 85.1 cm³/mol. The minimum atomic E-state index is -4.16. The fourth-order valence-corrected chi connectivity index (χ4v) is 3.34. The van der Waals surface area contributed by atoms with Crippen LogP contribution in [0.5, 0.6) is 0 Å². The summed E-state index contributed by atoms with van der Waals surface area (Å²) >= 11 is 0. The number of aryl methyl sites for hydroxylation is 2. The van der Waals surface area contributed by atoms with Crippen molar-refractivity contribution in [1.29, 1.82) is 0 Å². The van der Waals surface area contributed by atoms with Crippen LogP contribution in [0.15, 0.2) is 29.2 Å². The first-order valence-corrected chi connectivity index (χ1v) is 8.59. The van der Waals surface area contributed by atoms with Gasteiger partial charge in [0, 0.05) is 17.8 Å². The summed E-state index contributed by atoms with van der Waals surface area (Å²) in [4.78, 5) is 21.9. The molecule has 1 aromatic heterocycles. The molecule has 0 bridgehead atoms. The highest BCUT2D eigenvalue weighted by Gasteiger charge is 2.23. The minimum absolute atomic E-state index is 0.0402. The van der Waals surface area contributed by atoms with Crippen molar-refractivity contribution in [3.05, 3.63) is 51.3 Å². The number of nitro benzene ring substituents is 1. The van der Waals surface area contributed by atoms with Gasteiger partial charge in [-0.15, -0.1) is 0 Å². The van der Waals surface area contributed by atoms with E-state index in [2.05, 4.69) is 10.2 Å². The number of hydrogen-bond donors (Lipinski definition) is 2. The molecule has 2 N–H and O–H groups in total. The average molecular weight is 352 g/mol. The van der Waals surface area contributed by atoms with Crippen LogP contribution in [0, 0.1) is 17.0 Å². The Hall–Kier alpha value is -2.75. The third-order valence-electron chi connectivity index (χ3n) is 3.27. The summed E-state index contributed by atoms with van der Waals surface area (Å²) in [5.74, 6) is -0.869. The molecule has 1 amide bonds. The Kier molecular flexibility index (Phi) is 4.98. The highest BCUT2D eigenvalue weighted by molar-refractivity contribution is 7.90. The van der Waals surface area contributed by atoms with E-state index in [1.165, 1.54) is 13.0 Å². The van der Waals surface area contributed by atoms with Gasteiger partial charge in [-0.05, 0) is 31.0 Å². The third kappa shape index (κ3) is 3.77. The number of rotatable bonds is 6. The molecule has 1 heterocycles. The van der Waals surface area contributed by atoms with Gasteiger partial charge in [-0.25, -0.2) is 13.1 Å². The first-order chi connectivity index (χ1) is 11.2. The molecule has 0 spiro atoms. The normalized spacial score (nSPS) is 11.2. The summed E-state index contributed by atoms with van der Waals surface area (Å²) in [6.45, 7) is 3.38. The zero-order valence-corrected chi connectivity index (χ0v) is 13.9. The number of carbonyl (C=O) groups is 1. The van der Waals surface area contributed by atoms with Gasteiger partial charge in [-0.3, -0.25) is 20.0 Å². The predicted octanol–water partition coefficient (Wildman–Crippen LogP) is 1.70. The maximum absolute atomic E-state index is 12.3. The van der Waals surface area contributed by atoms with Gasteiger partial charge in [0.05, 0.1) is 9.82 Å². The molecule has 128 valence electrons. The fraction of sp³-hybridized carbons (Fsp3) is 0.286. The zero-order valence-electron chi connectivity index (χ0n) is 13.1. The number of carbonyl (C=O) groups excluding carboxylic acids is 1. The number of benzene rings is 1. The van der Waals surface area contributed by atoms with E-state index >= 15 is 0 Å². The van der Waals surface area contributed by atoms with Gasteiger partial charge in [0.2, 0.25) is 0 Å². The van der Waals surface area contributed by atoms with Gasteiger partial charge >= 0.3 is 0 Å². The van der Waals surface area contributed by atoms with E-state index in [0.717, 1.165) is 30.3 Å². The van der Waals surface area contributed by atoms with Crippen LogP contribution >= 0.6 is 0 Å². The molecule has 10 heteroatoms. The highest BCUT2D eigenvalue weighted by Crippen LogP contribution is 2.21. The highest BCUT2D eigenvalue weighted by atomic mass is 32.2. The Bertz CT molecular complexity index is 888. The van der Waals surface area contributed by atoms with E-state index in [0.29, 0.717) is 6.42 Å². The molecule has 0 fully saturated rings. The molecule has 9 nitrogen and oxygen atoms in total. The topological polar surface area (TPSA) is 135 Å². The molecular weight excluding hydrogens is 336 g/mol. The summed E-state index contributed by atoms with van der Waals surface area (Å²) < 4.78 is 26.5. The summed E-state index contributed by atoms with van der Waals surface area (Å²) in [5, 5.41) is 17.2. The standard InChI is InChI=1S/C14H16N4O5S/c1-3-4-10-8-12(16-15-10)14(19)17-24(22,23)13-6-5-11(18(20)21)7-9(13)2/h5-8H,3-4H2,1-2H3,(H,15,16)(H,17,19). The van der Waals surface area contributed by atoms with E-state index in [9.17, 15) is 23.3 Å². The first-order valence-electron chi connectivity index (χ1n) is 7.11. The van der Waals surface area contributed by atoms with Crippen molar-refractivity contribution >= 4 is 21.6 Å². The second kappa shape index (κ2) is 6.79. The van der Waals surface area contributed by atoms with Gasteiger partial charge in [-0.1, -0.05) is 13.3 Å². The van der Waals surface area contributed by atoms with Crippen molar-refractivity contribution in [3.63, 3.8) is 0 Å². The molecular formula is C14H16N4O5S. The Morgan fingerprint density at radius 1 is 1.38 bits per heavy atom. The van der Waals surface area contributed by atoms with Gasteiger partial charge in [0.1, 0.15) is 0 Å². The lowest BCUT2D eigenvalue weighted by Crippen LogP contribution is -2.31. The smallest absolute Gasteiger partial charge is 0.282 e. The lowest BCUT2D eigenvalue weighted by molar-refractivity contribution is -0.385. The van der Waals surface area contributed by atoms with Gasteiger partial charge in [0.25, 0.3) is 21.6 Å². The number of nitrogens with zero attached hydrogens (tertiary/aromatic N) is 2. The molecule has 2 rings (SSSR count). The van der Waals surface area contributed by atoms with Crippen molar-refractivity contribution in [1.82, 2.24) is 14.9 Å². The Morgan fingerprint density at radius 2 is 2.08 bits per heavy atom. The van der Waals surface area contributed by atoms with Gasteiger partial charge in [-0.2, -0.15) is 5.10 Å². The molecule has 0 aliphatic carbocycles. The van der Waals surface area contributed by atoms with Crippen LogP contribution in [0.3, 0.4) is 0 Å². The summed E-state index contributed by atoms with van der Waals surface area (Å²) in [6, 6.07) is 4.78. The lowest BCUT2D eigenvalue weighted by atomic mass is 10.2. The molecule has 2 aromatic rings. The molecule has 0 saturated heterocycles. The van der Waals surface area contributed by atoms with Crippen LogP contribution in [-0.2, 0) is 16.4 Å². The zero-order chi connectivity index (χ0) is 17.9. The largest absolute Gasteiger partial charge is 0.285 e. The van der Waals surface area contributed by atoms with Gasteiger partial charge < -0.3 is 0 Å². The van der Waals surface area contributed by atoms with Crippen LogP contribution in [0.25, 0.3) is 0 Å². The maximum Gasteiger partial charge on any atom is 0.285 e. The number of aromatic amines is 1. The maximum atomic E-state index is 12.3. The Morgan fingerprint density at radius 3 is 2.67 bits per heavy atom. The van der Waals surface area contributed by atoms with Crippen LogP contribution in [0.4, 0.5) is 5.69 Å². The summed E-state index contributed by atoms with van der Waals surface area (Å²) in [5.41, 5.74) is 0.626. The molecule has 0 atom stereocenters. The third-order valence-corrected chi connectivity index (χ3v) is 4.76. The first kappa shape index (κ1) is 17.6. The second-order valence-electron chi connectivity index (χ2n) is 5.17. The molecule has 0 saturated carbocycles. The Balaban J connectivity index is 2.24. The number of nitro groups is 1. The van der Waals surface area contributed by atoms with E-state index in [1.807, 2.05) is 11.6 Å². The molecule has 0 radical (unpaired) electrons. The number of sulfonamides is 1. The number of nitrogens with one attached hydrogen (secondary N) is 2. The van der Waals surface area contributed by atoms with Crippen molar-refractivity contribution in [3.8, 4) is 0 Å². The molecule has 0 aliphatic heterocycles. The van der Waals surface area contributed by atoms with Gasteiger partial charge in [0.15, 0.2) is 5.69 Å². The molecule has 0 unspecified atom stereocenters. The number of non-ortho nitro benzene ring substituents is 1. The van der Waals surface area contributed by atoms with Crippen molar-refractivity contribution in [2.45, 2.75) is 31.6 Å². The lowest BCUT2D eigenvalue weighted by Gasteiger charge is -2.08. The van der Waals surface area contributed by atoms with Crippen LogP contribution < -0.4 is 4.72 Å². The van der Waals surface area contributed by atoms with Crippen molar-refractivity contribution in [2.75, 3.05) is 0 Å². The van der Waals surface area contributed by atoms with E-state index < -0.39 is 20.9 Å². The molecule has 24 heavy (non-hydrogen) atoms. The van der Waals surface area contributed by atoms with Crippen molar-refractivity contribution in [2.24, 2.45) is 0 Å². The quantitative estimate of drug-likeness (QED) is 0.600. The number of hydrogen-bond acceptors (Lipinski definition) is 6.